The monoisotopic (exact) mass is 256 g/mol. The van der Waals surface area contributed by atoms with Gasteiger partial charge in [0.1, 0.15) is 0 Å². The second kappa shape index (κ2) is 5.30. The molecule has 0 aliphatic carbocycles. The fourth-order valence-electron chi connectivity index (χ4n) is 1.99. The third kappa shape index (κ3) is 3.06. The smallest absolute Gasteiger partial charge is 0.0410 e. The minimum absolute atomic E-state index is 0.717. The molecule has 0 saturated carbocycles. The lowest BCUT2D eigenvalue weighted by Gasteiger charge is -2.30. The Morgan fingerprint density at radius 3 is 3.12 bits per heavy atom. The Balaban J connectivity index is 2.05. The molecule has 1 aromatic rings. The van der Waals surface area contributed by atoms with E-state index in [9.17, 15) is 0 Å². The summed E-state index contributed by atoms with van der Waals surface area (Å²) in [5.41, 5.74) is 7.94. The van der Waals surface area contributed by atoms with Gasteiger partial charge in [0.15, 0.2) is 0 Å². The van der Waals surface area contributed by atoms with Crippen molar-refractivity contribution in [3.63, 3.8) is 0 Å². The highest BCUT2D eigenvalue weighted by atomic mass is 35.5. The zero-order chi connectivity index (χ0) is 11.5. The van der Waals surface area contributed by atoms with Crippen molar-refractivity contribution in [2.75, 3.05) is 24.6 Å². The minimum Gasteiger partial charge on any atom is -0.398 e. The van der Waals surface area contributed by atoms with E-state index in [0.717, 1.165) is 35.9 Å². The lowest BCUT2D eigenvalue weighted by Crippen LogP contribution is -2.36. The summed E-state index contributed by atoms with van der Waals surface area (Å²) in [4.78, 5) is 2.45. The normalized spacial score (nSPS) is 22.2. The van der Waals surface area contributed by atoms with Crippen LogP contribution >= 0.6 is 23.4 Å². The summed E-state index contributed by atoms with van der Waals surface area (Å²) in [6.07, 6.45) is 0. The first kappa shape index (κ1) is 12.1. The molecule has 88 valence electrons. The summed E-state index contributed by atoms with van der Waals surface area (Å²) in [6, 6.07) is 5.71. The molecule has 1 aliphatic heterocycles. The van der Waals surface area contributed by atoms with Crippen molar-refractivity contribution in [3.05, 3.63) is 28.8 Å². The number of nitrogens with two attached hydrogens (primary N) is 1. The Kier molecular flexibility index (Phi) is 4.00. The molecule has 16 heavy (non-hydrogen) atoms. The summed E-state index contributed by atoms with van der Waals surface area (Å²) in [7, 11) is 0. The maximum Gasteiger partial charge on any atom is 0.0410 e. The van der Waals surface area contributed by atoms with E-state index in [-0.39, 0.29) is 0 Å². The van der Waals surface area contributed by atoms with Gasteiger partial charge in [0.2, 0.25) is 0 Å². The average Bonchev–Trinajstić information content (AvgIpc) is 2.24. The number of halogens is 1. The first-order valence-corrected chi connectivity index (χ1v) is 6.95. The Hall–Kier alpha value is -0.380. The highest BCUT2D eigenvalue weighted by molar-refractivity contribution is 7.99. The molecule has 0 amide bonds. The van der Waals surface area contributed by atoms with Gasteiger partial charge in [-0.2, -0.15) is 11.8 Å². The number of nitrogen functional groups attached to an aromatic ring is 1. The van der Waals surface area contributed by atoms with Gasteiger partial charge in [-0.25, -0.2) is 0 Å². The van der Waals surface area contributed by atoms with Gasteiger partial charge in [0.05, 0.1) is 0 Å². The van der Waals surface area contributed by atoms with E-state index in [0.29, 0.717) is 5.25 Å². The third-order valence-corrected chi connectivity index (χ3v) is 4.20. The minimum atomic E-state index is 0.717. The first-order valence-electron chi connectivity index (χ1n) is 5.53. The maximum atomic E-state index is 5.98. The zero-order valence-corrected chi connectivity index (χ0v) is 11.0. The maximum absolute atomic E-state index is 5.98. The van der Waals surface area contributed by atoms with Crippen LogP contribution in [0.25, 0.3) is 0 Å². The Labute approximate surface area is 106 Å². The van der Waals surface area contributed by atoms with Crippen LogP contribution in [0.3, 0.4) is 0 Å². The fourth-order valence-corrected chi connectivity index (χ4v) is 3.26. The van der Waals surface area contributed by atoms with E-state index in [1.165, 1.54) is 5.75 Å². The number of rotatable bonds is 2. The first-order chi connectivity index (χ1) is 7.65. The molecule has 1 saturated heterocycles. The van der Waals surface area contributed by atoms with Crippen molar-refractivity contribution < 1.29 is 0 Å². The van der Waals surface area contributed by atoms with Crippen molar-refractivity contribution in [3.8, 4) is 0 Å². The topological polar surface area (TPSA) is 29.3 Å². The van der Waals surface area contributed by atoms with E-state index in [2.05, 4.69) is 11.8 Å². The summed E-state index contributed by atoms with van der Waals surface area (Å²) >= 11 is 8.03. The molecule has 0 spiro atoms. The Bertz CT molecular complexity index is 370. The van der Waals surface area contributed by atoms with Gasteiger partial charge in [-0.15, -0.1) is 0 Å². The molecule has 1 aromatic carbocycles. The van der Waals surface area contributed by atoms with Crippen LogP contribution in [-0.2, 0) is 6.54 Å². The van der Waals surface area contributed by atoms with Crippen molar-refractivity contribution in [2.45, 2.75) is 18.7 Å². The molecule has 1 aliphatic rings. The Morgan fingerprint density at radius 1 is 1.56 bits per heavy atom. The lowest BCUT2D eigenvalue weighted by molar-refractivity contribution is 0.279. The number of hydrogen-bond acceptors (Lipinski definition) is 3. The largest absolute Gasteiger partial charge is 0.398 e. The molecule has 1 unspecified atom stereocenters. The van der Waals surface area contributed by atoms with Gasteiger partial charge in [-0.3, -0.25) is 4.90 Å². The second-order valence-electron chi connectivity index (χ2n) is 4.26. The van der Waals surface area contributed by atoms with Gasteiger partial charge in [0, 0.05) is 41.3 Å². The van der Waals surface area contributed by atoms with Gasteiger partial charge in [-0.05, 0) is 23.8 Å². The molecule has 2 nitrogen and oxygen atoms in total. The van der Waals surface area contributed by atoms with E-state index in [4.69, 9.17) is 17.3 Å². The molecule has 2 rings (SSSR count). The molecule has 4 heteroatoms. The zero-order valence-electron chi connectivity index (χ0n) is 9.45. The van der Waals surface area contributed by atoms with Crippen LogP contribution in [0.4, 0.5) is 5.69 Å². The number of nitrogens with zero attached hydrogens (tertiary/aromatic N) is 1. The average molecular weight is 257 g/mol. The van der Waals surface area contributed by atoms with Crippen LogP contribution in [-0.4, -0.2) is 29.0 Å². The predicted octanol–water partition coefficient (Wildman–Crippen LogP) is 2.86. The van der Waals surface area contributed by atoms with Crippen LogP contribution < -0.4 is 5.73 Å². The molecular weight excluding hydrogens is 240 g/mol. The van der Waals surface area contributed by atoms with Gasteiger partial charge in [0.25, 0.3) is 0 Å². The predicted molar refractivity (Wildman–Crippen MR) is 73.1 cm³/mol. The fraction of sp³-hybridized carbons (Fsp3) is 0.500. The van der Waals surface area contributed by atoms with Crippen LogP contribution in [0.5, 0.6) is 0 Å². The highest BCUT2D eigenvalue weighted by Crippen LogP contribution is 2.23. The number of anilines is 1. The van der Waals surface area contributed by atoms with E-state index in [1.807, 2.05) is 30.0 Å². The summed E-state index contributed by atoms with van der Waals surface area (Å²) < 4.78 is 0. The van der Waals surface area contributed by atoms with Crippen LogP contribution in [0.2, 0.25) is 5.02 Å². The van der Waals surface area contributed by atoms with Gasteiger partial charge in [-0.1, -0.05) is 18.5 Å². The summed E-state index contributed by atoms with van der Waals surface area (Å²) in [5, 5.41) is 1.48. The Morgan fingerprint density at radius 2 is 2.38 bits per heavy atom. The van der Waals surface area contributed by atoms with Gasteiger partial charge < -0.3 is 5.73 Å². The summed E-state index contributed by atoms with van der Waals surface area (Å²) in [6.45, 7) is 5.47. The standard InChI is InChI=1S/C12H17ClN2S/c1-9-7-15(4-5-16-9)8-10-6-11(13)2-3-12(10)14/h2-3,6,9H,4-5,7-8,14H2,1H3. The third-order valence-electron chi connectivity index (χ3n) is 2.82. The molecule has 0 bridgehead atoms. The van der Waals surface area contributed by atoms with Crippen LogP contribution in [0.1, 0.15) is 12.5 Å². The second-order valence-corrected chi connectivity index (χ2v) is 6.24. The highest BCUT2D eigenvalue weighted by Gasteiger charge is 2.17. The molecule has 0 radical (unpaired) electrons. The summed E-state index contributed by atoms with van der Waals surface area (Å²) in [5.74, 6) is 1.21. The number of benzene rings is 1. The van der Waals surface area contributed by atoms with Crippen molar-refractivity contribution >= 4 is 29.1 Å². The molecule has 0 aromatic heterocycles. The van der Waals surface area contributed by atoms with Gasteiger partial charge >= 0.3 is 0 Å². The van der Waals surface area contributed by atoms with Crippen molar-refractivity contribution in [1.29, 1.82) is 0 Å². The van der Waals surface area contributed by atoms with Crippen LogP contribution in [0.15, 0.2) is 18.2 Å². The number of thioether (sulfide) groups is 1. The van der Waals surface area contributed by atoms with Crippen molar-refractivity contribution in [2.24, 2.45) is 0 Å². The molecular formula is C12H17ClN2S. The van der Waals surface area contributed by atoms with E-state index >= 15 is 0 Å². The van der Waals surface area contributed by atoms with E-state index < -0.39 is 0 Å². The number of hydrogen-bond donors (Lipinski definition) is 1. The molecule has 1 heterocycles. The molecule has 1 atom stereocenters. The van der Waals surface area contributed by atoms with Crippen LogP contribution in [0, 0.1) is 0 Å². The lowest BCUT2D eigenvalue weighted by atomic mass is 10.1. The van der Waals surface area contributed by atoms with E-state index in [1.54, 1.807) is 0 Å². The SMILES string of the molecule is CC1CN(Cc2cc(Cl)ccc2N)CCS1. The molecule has 2 N–H and O–H groups in total. The quantitative estimate of drug-likeness (QED) is 0.825. The molecule has 1 fully saturated rings. The van der Waals surface area contributed by atoms with Crippen molar-refractivity contribution in [1.82, 2.24) is 4.90 Å².